The van der Waals surface area contributed by atoms with E-state index in [1.807, 2.05) is 0 Å². The van der Waals surface area contributed by atoms with Crippen LogP contribution < -0.4 is 32.3 Å². The topological polar surface area (TPSA) is 291 Å². The Labute approximate surface area is 323 Å². The zero-order valence-corrected chi connectivity index (χ0v) is 32.0. The highest BCUT2D eigenvalue weighted by Gasteiger charge is 2.35. The molecular formula is C36H51N7O13. The number of amides is 8. The number of imide groups is 1. The van der Waals surface area contributed by atoms with Crippen molar-refractivity contribution in [3.05, 3.63) is 42.0 Å². The molecule has 0 saturated heterocycles. The maximum absolute atomic E-state index is 13.4. The summed E-state index contributed by atoms with van der Waals surface area (Å²) >= 11 is 0. The molecule has 1 aliphatic rings. The number of hydrogen-bond donors (Lipinski definition) is 7. The van der Waals surface area contributed by atoms with Crippen molar-refractivity contribution in [2.45, 2.75) is 84.7 Å². The number of aliphatic carboxylic acids is 1. The molecular weight excluding hydrogens is 738 g/mol. The van der Waals surface area contributed by atoms with Crippen molar-refractivity contribution in [3.8, 4) is 0 Å². The van der Waals surface area contributed by atoms with Crippen LogP contribution in [0.5, 0.6) is 0 Å². The average Bonchev–Trinajstić information content (AvgIpc) is 3.44. The molecule has 4 atom stereocenters. The van der Waals surface area contributed by atoms with E-state index in [0.717, 1.165) is 24.0 Å². The molecule has 0 aliphatic carbocycles. The fraction of sp³-hybridized carbons (Fsp3) is 0.528. The van der Waals surface area contributed by atoms with E-state index in [-0.39, 0.29) is 58.1 Å². The lowest BCUT2D eigenvalue weighted by Crippen LogP contribution is -2.54. The van der Waals surface area contributed by atoms with Crippen LogP contribution in [0.15, 0.2) is 36.4 Å². The molecule has 8 amide bonds. The number of primary amides is 1. The van der Waals surface area contributed by atoms with Gasteiger partial charge in [-0.3, -0.25) is 33.7 Å². The predicted octanol–water partition coefficient (Wildman–Crippen LogP) is 0.298. The van der Waals surface area contributed by atoms with Gasteiger partial charge >= 0.3 is 18.2 Å². The number of carboxylic acids is 1. The third-order valence-electron chi connectivity index (χ3n) is 8.12. The van der Waals surface area contributed by atoms with Crippen molar-refractivity contribution in [1.82, 2.24) is 26.2 Å². The first-order valence-corrected chi connectivity index (χ1v) is 17.9. The van der Waals surface area contributed by atoms with Gasteiger partial charge in [0.05, 0.1) is 19.8 Å². The minimum atomic E-state index is -1.49. The first kappa shape index (κ1) is 46.1. The van der Waals surface area contributed by atoms with E-state index in [0.29, 0.717) is 11.3 Å². The van der Waals surface area contributed by atoms with Crippen LogP contribution in [0.1, 0.15) is 59.4 Å². The number of rotatable bonds is 23. The van der Waals surface area contributed by atoms with Crippen LogP contribution in [0.4, 0.5) is 15.3 Å². The van der Waals surface area contributed by atoms with Crippen LogP contribution >= 0.6 is 0 Å². The normalized spacial score (nSPS) is 14.4. The largest absolute Gasteiger partial charge is 0.508 e. The Morgan fingerprint density at radius 1 is 0.839 bits per heavy atom. The number of ether oxygens (including phenoxy) is 3. The smallest absolute Gasteiger partial charge is 0.480 e. The SMILES string of the molecule is CC(=O)NC(C(=O)O)C(OC(=O)OCc1ccc(NC(=O)C(CCCNC(N)=O)NC(=O)C(NC(=O)CCOCCN2C(=O)C=CC2=O)C(C)C)cc1)C(C)C. The molecule has 1 aromatic rings. The third-order valence-corrected chi connectivity index (χ3v) is 8.12. The second-order valence-corrected chi connectivity index (χ2v) is 13.4. The van der Waals surface area contributed by atoms with Gasteiger partial charge < -0.3 is 51.6 Å². The highest BCUT2D eigenvalue weighted by atomic mass is 16.7. The molecule has 0 spiro atoms. The molecule has 20 heteroatoms. The van der Waals surface area contributed by atoms with Gasteiger partial charge in [-0.05, 0) is 42.4 Å². The number of hydrogen-bond acceptors (Lipinski definition) is 12. The lowest BCUT2D eigenvalue weighted by atomic mass is 9.99. The van der Waals surface area contributed by atoms with E-state index in [1.165, 1.54) is 12.1 Å². The molecule has 308 valence electrons. The summed E-state index contributed by atoms with van der Waals surface area (Å²) in [7, 11) is 0. The molecule has 0 saturated carbocycles. The first-order chi connectivity index (χ1) is 26.4. The number of carbonyl (C=O) groups excluding carboxylic acids is 8. The quantitative estimate of drug-likeness (QED) is 0.0447. The van der Waals surface area contributed by atoms with Crippen LogP contribution in [-0.4, -0.2) is 114 Å². The van der Waals surface area contributed by atoms with E-state index >= 15 is 0 Å². The van der Waals surface area contributed by atoms with Gasteiger partial charge in [0.15, 0.2) is 6.04 Å². The maximum Gasteiger partial charge on any atom is 0.508 e. The molecule has 1 aliphatic heterocycles. The van der Waals surface area contributed by atoms with Crippen molar-refractivity contribution in [2.24, 2.45) is 17.6 Å². The molecule has 0 radical (unpaired) electrons. The van der Waals surface area contributed by atoms with Crippen LogP contribution in [0.3, 0.4) is 0 Å². The van der Waals surface area contributed by atoms with E-state index in [9.17, 15) is 48.3 Å². The van der Waals surface area contributed by atoms with E-state index in [2.05, 4.69) is 26.6 Å². The minimum absolute atomic E-state index is 0.0184. The molecule has 8 N–H and O–H groups in total. The predicted molar refractivity (Wildman–Crippen MR) is 197 cm³/mol. The Morgan fingerprint density at radius 2 is 1.48 bits per heavy atom. The van der Waals surface area contributed by atoms with E-state index in [4.69, 9.17) is 19.9 Å². The minimum Gasteiger partial charge on any atom is -0.480 e. The number of carbonyl (C=O) groups is 9. The summed E-state index contributed by atoms with van der Waals surface area (Å²) in [5, 5.41) is 22.2. The summed E-state index contributed by atoms with van der Waals surface area (Å²) in [6, 6.07) is 1.72. The molecule has 0 fully saturated rings. The highest BCUT2D eigenvalue weighted by Crippen LogP contribution is 2.16. The van der Waals surface area contributed by atoms with Crippen molar-refractivity contribution in [3.63, 3.8) is 0 Å². The van der Waals surface area contributed by atoms with Gasteiger partial charge in [-0.15, -0.1) is 0 Å². The second-order valence-electron chi connectivity index (χ2n) is 13.4. The summed E-state index contributed by atoms with van der Waals surface area (Å²) in [6.45, 7) is 7.63. The molecule has 0 bridgehead atoms. The van der Waals surface area contributed by atoms with Gasteiger partial charge in [0.2, 0.25) is 23.6 Å². The lowest BCUT2D eigenvalue weighted by Gasteiger charge is -2.27. The summed E-state index contributed by atoms with van der Waals surface area (Å²) in [4.78, 5) is 110. The maximum atomic E-state index is 13.4. The average molecular weight is 790 g/mol. The van der Waals surface area contributed by atoms with Crippen LogP contribution in [0.2, 0.25) is 0 Å². The molecule has 56 heavy (non-hydrogen) atoms. The fourth-order valence-corrected chi connectivity index (χ4v) is 5.20. The van der Waals surface area contributed by atoms with Gasteiger partial charge in [0.1, 0.15) is 24.8 Å². The molecule has 4 unspecified atom stereocenters. The van der Waals surface area contributed by atoms with Gasteiger partial charge in [0, 0.05) is 37.7 Å². The third kappa shape index (κ3) is 16.1. The van der Waals surface area contributed by atoms with Crippen molar-refractivity contribution >= 4 is 59.3 Å². The highest BCUT2D eigenvalue weighted by molar-refractivity contribution is 6.12. The molecule has 20 nitrogen and oxygen atoms in total. The second kappa shape index (κ2) is 23.0. The fourth-order valence-electron chi connectivity index (χ4n) is 5.20. The summed E-state index contributed by atoms with van der Waals surface area (Å²) in [6.07, 6.45) is 0.150. The number of benzene rings is 1. The molecule has 2 rings (SSSR count). The monoisotopic (exact) mass is 789 g/mol. The summed E-state index contributed by atoms with van der Waals surface area (Å²) in [5.41, 5.74) is 5.93. The van der Waals surface area contributed by atoms with Crippen LogP contribution in [0, 0.1) is 11.8 Å². The van der Waals surface area contributed by atoms with Crippen molar-refractivity contribution in [2.75, 3.05) is 31.6 Å². The van der Waals surface area contributed by atoms with Crippen LogP contribution in [0.25, 0.3) is 0 Å². The number of nitrogens with two attached hydrogens (primary N) is 1. The number of nitrogens with zero attached hydrogens (tertiary/aromatic N) is 1. The summed E-state index contributed by atoms with van der Waals surface area (Å²) < 4.78 is 15.7. The van der Waals surface area contributed by atoms with Gasteiger partial charge in [-0.25, -0.2) is 14.4 Å². The van der Waals surface area contributed by atoms with Gasteiger partial charge in [-0.1, -0.05) is 39.8 Å². The Bertz CT molecular complexity index is 1600. The number of carboxylic acid groups (broad SMARTS) is 1. The molecule has 0 aromatic heterocycles. The zero-order valence-electron chi connectivity index (χ0n) is 32.0. The number of nitrogens with one attached hydrogen (secondary N) is 5. The van der Waals surface area contributed by atoms with Crippen molar-refractivity contribution < 1.29 is 62.5 Å². The van der Waals surface area contributed by atoms with E-state index in [1.54, 1.807) is 39.8 Å². The Morgan fingerprint density at radius 3 is 2.04 bits per heavy atom. The van der Waals surface area contributed by atoms with Crippen molar-refractivity contribution in [1.29, 1.82) is 0 Å². The standard InChI is InChI=1S/C36H51N7O13/c1-20(2)29(42-26(45)14-17-54-18-16-43-27(46)12-13-28(43)47)33(49)41-25(7-6-15-38-35(37)52)32(48)40-24-10-8-23(9-11-24)19-55-36(53)56-31(21(3)4)30(34(50)51)39-22(5)44/h8-13,20-21,25,29-31H,6-7,14-19H2,1-5H3,(H,39,44)(H,40,48)(H,41,49)(H,42,45)(H,50,51)(H3,37,38,52). The first-order valence-electron chi connectivity index (χ1n) is 17.9. The van der Waals surface area contributed by atoms with Gasteiger partial charge in [0.25, 0.3) is 11.8 Å². The Kier molecular flexibility index (Phi) is 18.9. The molecule has 1 aromatic carbocycles. The Hall–Kier alpha value is -6.05. The Balaban J connectivity index is 1.99. The summed E-state index contributed by atoms with van der Waals surface area (Å²) in [5.74, 6) is -5.52. The van der Waals surface area contributed by atoms with E-state index < -0.39 is 83.7 Å². The number of urea groups is 1. The van der Waals surface area contributed by atoms with Crippen LogP contribution in [-0.2, 0) is 54.4 Å². The number of anilines is 1. The van der Waals surface area contributed by atoms with Gasteiger partial charge in [-0.2, -0.15) is 0 Å². The molecule has 1 heterocycles. The lowest BCUT2D eigenvalue weighted by molar-refractivity contribution is -0.146. The zero-order chi connectivity index (χ0) is 41.9.